The number of nitrogens with one attached hydrogen (secondary N) is 1. The Morgan fingerprint density at radius 2 is 1.67 bits per heavy atom. The van der Waals surface area contributed by atoms with E-state index >= 15 is 0 Å². The van der Waals surface area contributed by atoms with Crippen LogP contribution in [0.15, 0.2) is 65.3 Å². The molecular formula is C15H17BrNO+. The van der Waals surface area contributed by atoms with E-state index in [1.165, 1.54) is 4.90 Å². The maximum absolute atomic E-state index is 11.7. The predicted octanol–water partition coefficient (Wildman–Crippen LogP) is 2.40. The van der Waals surface area contributed by atoms with E-state index in [2.05, 4.69) is 15.9 Å². The number of hydrogen-bond donors (Lipinski definition) is 1. The molecule has 0 bridgehead atoms. The second-order valence-corrected chi connectivity index (χ2v) is 4.97. The summed E-state index contributed by atoms with van der Waals surface area (Å²) in [5.74, 6) is 0.00867. The number of allylic oxidation sites excluding steroid dienone is 5. The van der Waals surface area contributed by atoms with Crippen LogP contribution in [-0.4, -0.2) is 19.9 Å². The number of benzene rings is 1. The van der Waals surface area contributed by atoms with Crippen molar-refractivity contribution >= 4 is 21.7 Å². The van der Waals surface area contributed by atoms with Gasteiger partial charge in [-0.2, -0.15) is 0 Å². The Bertz CT molecular complexity index is 470. The second kappa shape index (κ2) is 7.80. The van der Waals surface area contributed by atoms with Gasteiger partial charge >= 0.3 is 0 Å². The molecule has 3 heteroatoms. The number of ketones is 1. The highest BCUT2D eigenvalue weighted by Gasteiger charge is 1.99. The summed E-state index contributed by atoms with van der Waals surface area (Å²) in [5.41, 5.74) is 0.691. The van der Waals surface area contributed by atoms with Crippen molar-refractivity contribution in [1.82, 2.24) is 0 Å². The maximum Gasteiger partial charge on any atom is 0.185 e. The van der Waals surface area contributed by atoms with Crippen molar-refractivity contribution in [2.24, 2.45) is 0 Å². The van der Waals surface area contributed by atoms with Crippen LogP contribution in [0, 0.1) is 0 Å². The van der Waals surface area contributed by atoms with E-state index in [-0.39, 0.29) is 5.78 Å². The predicted molar refractivity (Wildman–Crippen MR) is 78.7 cm³/mol. The SMILES string of the molecule is C[NH+](C)/C=C/C=C/C=C/C(=O)c1ccc(Br)cc1. The minimum atomic E-state index is 0.00867. The van der Waals surface area contributed by atoms with E-state index in [0.717, 1.165) is 4.47 Å². The fourth-order valence-corrected chi connectivity index (χ4v) is 1.49. The van der Waals surface area contributed by atoms with Gasteiger partial charge in [0.2, 0.25) is 0 Å². The van der Waals surface area contributed by atoms with Crippen molar-refractivity contribution < 1.29 is 9.69 Å². The van der Waals surface area contributed by atoms with Gasteiger partial charge in [0.15, 0.2) is 5.78 Å². The lowest BCUT2D eigenvalue weighted by atomic mass is 10.1. The van der Waals surface area contributed by atoms with Crippen LogP contribution in [-0.2, 0) is 0 Å². The Labute approximate surface area is 116 Å². The molecule has 0 radical (unpaired) electrons. The Morgan fingerprint density at radius 1 is 1.06 bits per heavy atom. The standard InChI is InChI=1S/C15H16BrNO/c1-17(2)12-6-4-3-5-7-15(18)13-8-10-14(16)11-9-13/h3-12H,1-2H3/p+1/b4-3+,7-5+,12-6+. The van der Waals surface area contributed by atoms with Gasteiger partial charge in [-0.25, -0.2) is 0 Å². The molecule has 0 aromatic heterocycles. The minimum Gasteiger partial charge on any atom is -0.314 e. The van der Waals surface area contributed by atoms with Gasteiger partial charge in [0.05, 0.1) is 20.3 Å². The summed E-state index contributed by atoms with van der Waals surface area (Å²) in [4.78, 5) is 13.0. The normalized spacial score (nSPS) is 12.2. The van der Waals surface area contributed by atoms with Crippen LogP contribution in [0.1, 0.15) is 10.4 Å². The van der Waals surface area contributed by atoms with Crippen molar-refractivity contribution in [2.45, 2.75) is 0 Å². The van der Waals surface area contributed by atoms with Gasteiger partial charge in [-0.1, -0.05) is 34.2 Å². The summed E-state index contributed by atoms with van der Waals surface area (Å²) in [5, 5.41) is 0. The maximum atomic E-state index is 11.7. The first-order chi connectivity index (χ1) is 8.59. The first-order valence-electron chi connectivity index (χ1n) is 5.71. The molecule has 18 heavy (non-hydrogen) atoms. The van der Waals surface area contributed by atoms with E-state index in [1.807, 2.05) is 50.7 Å². The number of halogens is 1. The third-order valence-corrected chi connectivity index (χ3v) is 2.67. The van der Waals surface area contributed by atoms with Crippen LogP contribution < -0.4 is 4.90 Å². The minimum absolute atomic E-state index is 0.00867. The fourth-order valence-electron chi connectivity index (χ4n) is 1.23. The molecule has 0 heterocycles. The van der Waals surface area contributed by atoms with E-state index < -0.39 is 0 Å². The number of hydrogen-bond acceptors (Lipinski definition) is 1. The van der Waals surface area contributed by atoms with Crippen molar-refractivity contribution in [2.75, 3.05) is 14.1 Å². The van der Waals surface area contributed by atoms with Crippen LogP contribution in [0.4, 0.5) is 0 Å². The average molecular weight is 307 g/mol. The summed E-state index contributed by atoms with van der Waals surface area (Å²) in [7, 11) is 4.08. The molecule has 1 aromatic carbocycles. The quantitative estimate of drug-likeness (QED) is 0.503. The molecule has 0 saturated carbocycles. The zero-order valence-corrected chi connectivity index (χ0v) is 12.1. The molecule has 0 aliphatic carbocycles. The third-order valence-electron chi connectivity index (χ3n) is 2.14. The largest absolute Gasteiger partial charge is 0.314 e. The topological polar surface area (TPSA) is 21.5 Å². The molecule has 0 aliphatic heterocycles. The molecule has 1 rings (SSSR count). The van der Waals surface area contributed by atoms with Crippen LogP contribution in [0.25, 0.3) is 0 Å². The van der Waals surface area contributed by atoms with Gasteiger partial charge in [0.1, 0.15) is 0 Å². The van der Waals surface area contributed by atoms with E-state index in [0.29, 0.717) is 5.56 Å². The van der Waals surface area contributed by atoms with Crippen LogP contribution >= 0.6 is 15.9 Å². The summed E-state index contributed by atoms with van der Waals surface area (Å²) in [6.45, 7) is 0. The van der Waals surface area contributed by atoms with Gasteiger partial charge in [-0.05, 0) is 36.4 Å². The summed E-state index contributed by atoms with van der Waals surface area (Å²) < 4.78 is 0.972. The molecule has 0 aliphatic rings. The highest BCUT2D eigenvalue weighted by Crippen LogP contribution is 2.11. The van der Waals surface area contributed by atoms with Gasteiger partial charge in [0.25, 0.3) is 0 Å². The Morgan fingerprint density at radius 3 is 2.28 bits per heavy atom. The Balaban J connectivity index is 2.52. The molecule has 0 atom stereocenters. The smallest absolute Gasteiger partial charge is 0.185 e. The van der Waals surface area contributed by atoms with E-state index in [1.54, 1.807) is 24.3 Å². The Kier molecular flexibility index (Phi) is 6.33. The average Bonchev–Trinajstić information content (AvgIpc) is 2.34. The summed E-state index contributed by atoms with van der Waals surface area (Å²) >= 11 is 3.34. The first-order valence-corrected chi connectivity index (χ1v) is 6.50. The number of carbonyl (C=O) groups is 1. The lowest BCUT2D eigenvalue weighted by molar-refractivity contribution is -0.801. The lowest BCUT2D eigenvalue weighted by Crippen LogP contribution is -3.00. The van der Waals surface area contributed by atoms with Gasteiger partial charge in [0, 0.05) is 10.0 Å². The highest BCUT2D eigenvalue weighted by molar-refractivity contribution is 9.10. The van der Waals surface area contributed by atoms with E-state index in [4.69, 9.17) is 0 Å². The van der Waals surface area contributed by atoms with Crippen LogP contribution in [0.5, 0.6) is 0 Å². The van der Waals surface area contributed by atoms with E-state index in [9.17, 15) is 4.79 Å². The highest BCUT2D eigenvalue weighted by atomic mass is 79.9. The number of quaternary nitrogens is 1. The molecule has 1 aromatic rings. The van der Waals surface area contributed by atoms with Crippen molar-refractivity contribution in [3.05, 3.63) is 70.9 Å². The summed E-state index contributed by atoms with van der Waals surface area (Å²) in [6.07, 6.45) is 11.0. The zero-order valence-electron chi connectivity index (χ0n) is 10.6. The monoisotopic (exact) mass is 306 g/mol. The lowest BCUT2D eigenvalue weighted by Gasteiger charge is -1.95. The molecule has 0 unspecified atom stereocenters. The van der Waals surface area contributed by atoms with Gasteiger partial charge in [-0.15, -0.1) is 0 Å². The molecule has 0 amide bonds. The van der Waals surface area contributed by atoms with Gasteiger partial charge in [-0.3, -0.25) is 4.79 Å². The zero-order chi connectivity index (χ0) is 13.4. The van der Waals surface area contributed by atoms with Crippen LogP contribution in [0.2, 0.25) is 0 Å². The van der Waals surface area contributed by atoms with Crippen molar-refractivity contribution in [3.8, 4) is 0 Å². The summed E-state index contributed by atoms with van der Waals surface area (Å²) in [6, 6.07) is 7.32. The fraction of sp³-hybridized carbons (Fsp3) is 0.133. The molecule has 2 nitrogen and oxygen atoms in total. The molecular weight excluding hydrogens is 290 g/mol. The molecule has 94 valence electrons. The second-order valence-electron chi connectivity index (χ2n) is 4.05. The van der Waals surface area contributed by atoms with Crippen LogP contribution in [0.3, 0.4) is 0 Å². The van der Waals surface area contributed by atoms with Crippen molar-refractivity contribution in [1.29, 1.82) is 0 Å². The Hall–Kier alpha value is -1.45. The number of carbonyl (C=O) groups excluding carboxylic acids is 1. The molecule has 1 N–H and O–H groups in total. The third kappa shape index (κ3) is 5.75. The van der Waals surface area contributed by atoms with Gasteiger partial charge < -0.3 is 4.90 Å². The first kappa shape index (κ1) is 14.6. The van der Waals surface area contributed by atoms with Crippen molar-refractivity contribution in [3.63, 3.8) is 0 Å². The number of rotatable bonds is 5. The molecule has 0 spiro atoms. The molecule has 0 fully saturated rings. The molecule has 0 saturated heterocycles.